The van der Waals surface area contributed by atoms with Gasteiger partial charge in [0.15, 0.2) is 5.82 Å². The molecular weight excluding hydrogens is 214 g/mol. The average Bonchev–Trinajstić information content (AvgIpc) is 2.63. The van der Waals surface area contributed by atoms with Gasteiger partial charge in [-0.05, 0) is 6.42 Å². The molecule has 0 atom stereocenters. The van der Waals surface area contributed by atoms with Crippen LogP contribution in [-0.2, 0) is 16.1 Å². The Morgan fingerprint density at radius 1 is 1.73 bits per heavy atom. The highest BCUT2D eigenvalue weighted by Gasteiger charge is 2.06. The second-order valence-corrected chi connectivity index (χ2v) is 3.58. The van der Waals surface area contributed by atoms with Gasteiger partial charge in [0.1, 0.15) is 6.61 Å². The van der Waals surface area contributed by atoms with Gasteiger partial charge in [0.05, 0.1) is 0 Å². The zero-order chi connectivity index (χ0) is 11.1. The lowest BCUT2D eigenvalue weighted by molar-refractivity contribution is -0.116. The molecule has 1 amide bonds. The highest BCUT2D eigenvalue weighted by atomic mass is 32.1. The van der Waals surface area contributed by atoms with Crippen LogP contribution in [0.25, 0.3) is 0 Å². The van der Waals surface area contributed by atoms with Crippen LogP contribution in [0.1, 0.15) is 18.7 Å². The van der Waals surface area contributed by atoms with Gasteiger partial charge in [0, 0.05) is 25.1 Å². The Hall–Kier alpha value is -1.27. The molecule has 0 aliphatic heterocycles. The van der Waals surface area contributed by atoms with Crippen molar-refractivity contribution in [2.45, 2.75) is 19.4 Å². The van der Waals surface area contributed by atoms with Crippen molar-refractivity contribution < 1.29 is 9.53 Å². The third-order valence-corrected chi connectivity index (χ3v) is 2.23. The van der Waals surface area contributed by atoms with Crippen LogP contribution in [0.3, 0.4) is 0 Å². The van der Waals surface area contributed by atoms with Gasteiger partial charge < -0.3 is 10.1 Å². The highest BCUT2D eigenvalue weighted by Crippen LogP contribution is 2.11. The lowest BCUT2D eigenvalue weighted by Gasteiger charge is -1.97. The fraction of sp³-hybridized carbons (Fsp3) is 0.444. The fourth-order valence-corrected chi connectivity index (χ4v) is 1.50. The zero-order valence-electron chi connectivity index (χ0n) is 8.52. The number of allylic oxidation sites excluding steroid dienone is 1. The molecule has 0 spiro atoms. The minimum atomic E-state index is -0.0741. The molecule has 0 radical (unpaired) electrons. The minimum Gasteiger partial charge on any atom is -0.377 e. The molecule has 0 aliphatic rings. The monoisotopic (exact) mass is 227 g/mol. The van der Waals surface area contributed by atoms with Crippen LogP contribution in [0.4, 0.5) is 5.13 Å². The quantitative estimate of drug-likeness (QED) is 0.749. The number of amides is 1. The van der Waals surface area contributed by atoms with E-state index < -0.39 is 0 Å². The number of hydrogen-bond donors (Lipinski definition) is 1. The molecule has 0 saturated heterocycles. The van der Waals surface area contributed by atoms with E-state index in [9.17, 15) is 4.79 Å². The van der Waals surface area contributed by atoms with E-state index in [2.05, 4.69) is 21.3 Å². The second-order valence-electron chi connectivity index (χ2n) is 2.82. The van der Waals surface area contributed by atoms with Crippen LogP contribution >= 0.6 is 11.5 Å². The first-order valence-electron chi connectivity index (χ1n) is 4.48. The number of rotatable bonds is 6. The van der Waals surface area contributed by atoms with Crippen molar-refractivity contribution in [3.8, 4) is 0 Å². The number of nitrogens with zero attached hydrogens (tertiary/aromatic N) is 2. The summed E-state index contributed by atoms with van der Waals surface area (Å²) in [5.41, 5.74) is 0. The van der Waals surface area contributed by atoms with E-state index in [1.54, 1.807) is 13.2 Å². The SMILES string of the molecule is C=CCCC(=O)Nc1nc(COC)ns1. The lowest BCUT2D eigenvalue weighted by atomic mass is 10.3. The normalized spacial score (nSPS) is 9.93. The maximum Gasteiger partial charge on any atom is 0.226 e. The van der Waals surface area contributed by atoms with E-state index in [-0.39, 0.29) is 5.91 Å². The number of hydrogen-bond acceptors (Lipinski definition) is 5. The maximum absolute atomic E-state index is 11.3. The van der Waals surface area contributed by atoms with Gasteiger partial charge in [-0.2, -0.15) is 4.37 Å². The molecule has 1 heterocycles. The van der Waals surface area contributed by atoms with Crippen LogP contribution in [0, 0.1) is 0 Å². The third-order valence-electron chi connectivity index (χ3n) is 1.56. The van der Waals surface area contributed by atoms with E-state index in [0.29, 0.717) is 30.4 Å². The smallest absolute Gasteiger partial charge is 0.226 e. The minimum absolute atomic E-state index is 0.0741. The summed E-state index contributed by atoms with van der Waals surface area (Å²) in [6.07, 6.45) is 2.79. The first-order valence-corrected chi connectivity index (χ1v) is 5.26. The molecule has 1 N–H and O–H groups in total. The maximum atomic E-state index is 11.3. The molecule has 1 rings (SSSR count). The standard InChI is InChI=1S/C9H13N3O2S/c1-3-4-5-8(13)11-9-10-7(6-14-2)12-15-9/h3H,1,4-6H2,2H3,(H,10,11,12,13). The Bertz CT molecular complexity index is 338. The van der Waals surface area contributed by atoms with Crippen LogP contribution in [-0.4, -0.2) is 22.4 Å². The number of ether oxygens (including phenoxy) is 1. The summed E-state index contributed by atoms with van der Waals surface area (Å²) in [6.45, 7) is 3.91. The summed E-state index contributed by atoms with van der Waals surface area (Å²) in [4.78, 5) is 15.4. The van der Waals surface area contributed by atoms with Gasteiger partial charge in [-0.15, -0.1) is 6.58 Å². The first kappa shape index (κ1) is 11.8. The molecule has 0 fully saturated rings. The van der Waals surface area contributed by atoms with Crippen LogP contribution in [0.2, 0.25) is 0 Å². The summed E-state index contributed by atoms with van der Waals surface area (Å²) in [6, 6.07) is 0. The Morgan fingerprint density at radius 3 is 3.20 bits per heavy atom. The average molecular weight is 227 g/mol. The first-order chi connectivity index (χ1) is 7.26. The molecule has 0 saturated carbocycles. The van der Waals surface area contributed by atoms with Crippen molar-refractivity contribution in [2.24, 2.45) is 0 Å². The molecular formula is C9H13N3O2S. The Balaban J connectivity index is 2.42. The van der Waals surface area contributed by atoms with Crippen molar-refractivity contribution in [2.75, 3.05) is 12.4 Å². The predicted molar refractivity (Wildman–Crippen MR) is 58.7 cm³/mol. The van der Waals surface area contributed by atoms with Crippen molar-refractivity contribution in [3.63, 3.8) is 0 Å². The van der Waals surface area contributed by atoms with Crippen molar-refractivity contribution in [1.29, 1.82) is 0 Å². The van der Waals surface area contributed by atoms with E-state index in [1.165, 1.54) is 0 Å². The Kier molecular flexibility index (Phi) is 4.92. The largest absolute Gasteiger partial charge is 0.377 e. The number of anilines is 1. The molecule has 0 aliphatic carbocycles. The topological polar surface area (TPSA) is 64.1 Å². The van der Waals surface area contributed by atoms with Crippen LogP contribution < -0.4 is 5.32 Å². The summed E-state index contributed by atoms with van der Waals surface area (Å²) in [5, 5.41) is 3.17. The zero-order valence-corrected chi connectivity index (χ0v) is 9.34. The number of carbonyl (C=O) groups excluding carboxylic acids is 1. The Labute approximate surface area is 92.3 Å². The Morgan fingerprint density at radius 2 is 2.53 bits per heavy atom. The summed E-state index contributed by atoms with van der Waals surface area (Å²) < 4.78 is 8.88. The molecule has 0 aromatic carbocycles. The van der Waals surface area contributed by atoms with Crippen molar-refractivity contribution >= 4 is 22.6 Å². The summed E-state index contributed by atoms with van der Waals surface area (Å²) >= 11 is 1.15. The van der Waals surface area contributed by atoms with E-state index >= 15 is 0 Å². The van der Waals surface area contributed by atoms with Gasteiger partial charge >= 0.3 is 0 Å². The van der Waals surface area contributed by atoms with E-state index in [4.69, 9.17) is 4.74 Å². The van der Waals surface area contributed by atoms with Crippen LogP contribution in [0.15, 0.2) is 12.7 Å². The molecule has 1 aromatic heterocycles. The molecule has 5 nitrogen and oxygen atoms in total. The lowest BCUT2D eigenvalue weighted by Crippen LogP contribution is -2.10. The number of methoxy groups -OCH3 is 1. The van der Waals surface area contributed by atoms with Gasteiger partial charge in [-0.25, -0.2) is 4.98 Å². The predicted octanol–water partition coefficient (Wildman–Crippen LogP) is 1.59. The third kappa shape index (κ3) is 4.18. The van der Waals surface area contributed by atoms with Gasteiger partial charge in [0.25, 0.3) is 0 Å². The molecule has 0 bridgehead atoms. The highest BCUT2D eigenvalue weighted by molar-refractivity contribution is 7.09. The van der Waals surface area contributed by atoms with Gasteiger partial charge in [-0.3, -0.25) is 4.79 Å². The molecule has 1 aromatic rings. The number of carbonyl (C=O) groups is 1. The van der Waals surface area contributed by atoms with Crippen molar-refractivity contribution in [3.05, 3.63) is 18.5 Å². The molecule has 0 unspecified atom stereocenters. The summed E-state index contributed by atoms with van der Waals surface area (Å²) in [7, 11) is 1.57. The van der Waals surface area contributed by atoms with Crippen molar-refractivity contribution in [1.82, 2.24) is 9.36 Å². The molecule has 6 heteroatoms. The van der Waals surface area contributed by atoms with E-state index in [0.717, 1.165) is 11.5 Å². The second kappa shape index (κ2) is 6.26. The van der Waals surface area contributed by atoms with E-state index in [1.807, 2.05) is 0 Å². The number of aromatic nitrogens is 2. The summed E-state index contributed by atoms with van der Waals surface area (Å²) in [5.74, 6) is 0.511. The number of nitrogens with one attached hydrogen (secondary N) is 1. The van der Waals surface area contributed by atoms with Crippen LogP contribution in [0.5, 0.6) is 0 Å². The fourth-order valence-electron chi connectivity index (χ4n) is 0.907. The van der Waals surface area contributed by atoms with Gasteiger partial charge in [0.2, 0.25) is 11.0 Å². The molecule has 15 heavy (non-hydrogen) atoms. The molecule has 82 valence electrons. The van der Waals surface area contributed by atoms with Gasteiger partial charge in [-0.1, -0.05) is 6.08 Å².